The lowest BCUT2D eigenvalue weighted by atomic mass is 9.47. The molecule has 6 aromatic carbocycles. The Labute approximate surface area is 310 Å². The largest absolute Gasteiger partial charge is 0.274 e. The maximum atomic E-state index is 15.2. The number of imide groups is 2. The van der Waals surface area contributed by atoms with Crippen LogP contribution in [0.2, 0.25) is 0 Å². The quantitative estimate of drug-likeness (QED) is 0.144. The van der Waals surface area contributed by atoms with E-state index in [1.54, 1.807) is 6.21 Å². The normalized spacial score (nSPS) is 29.4. The maximum Gasteiger partial charge on any atom is 0.254 e. The van der Waals surface area contributed by atoms with Crippen LogP contribution in [0.15, 0.2) is 145 Å². The summed E-state index contributed by atoms with van der Waals surface area (Å²) in [7, 11) is 0. The zero-order valence-electron chi connectivity index (χ0n) is 28.9. The highest BCUT2D eigenvalue weighted by atomic mass is 16.2. The van der Waals surface area contributed by atoms with E-state index in [1.807, 2.05) is 115 Å². The molecule has 4 atom stereocenters. The van der Waals surface area contributed by atoms with Gasteiger partial charge in [0.05, 0.1) is 34.8 Å². The molecule has 4 bridgehead atoms. The molecule has 2 heterocycles. The molecule has 258 valence electrons. The Hall–Kier alpha value is -6.47. The van der Waals surface area contributed by atoms with Crippen molar-refractivity contribution in [2.75, 3.05) is 4.90 Å². The lowest BCUT2D eigenvalue weighted by molar-refractivity contribution is -0.140. The van der Waals surface area contributed by atoms with Crippen molar-refractivity contribution in [1.82, 2.24) is 5.01 Å². The number of benzene rings is 6. The molecule has 7 nitrogen and oxygen atoms in total. The first kappa shape index (κ1) is 30.0. The van der Waals surface area contributed by atoms with E-state index in [0.717, 1.165) is 60.3 Å². The van der Waals surface area contributed by atoms with Gasteiger partial charge in [0.15, 0.2) is 0 Å². The number of nitrogens with zero attached hydrogens (tertiary/aromatic N) is 3. The molecule has 0 spiro atoms. The van der Waals surface area contributed by atoms with E-state index >= 15 is 4.79 Å². The van der Waals surface area contributed by atoms with Gasteiger partial charge in [-0.1, -0.05) is 133 Å². The summed E-state index contributed by atoms with van der Waals surface area (Å²) in [6, 6.07) is 45.7. The Kier molecular flexibility index (Phi) is 5.76. The minimum atomic E-state index is -1.22. The fraction of sp³-hybridized carbons (Fsp3) is 0.170. The van der Waals surface area contributed by atoms with Gasteiger partial charge in [0, 0.05) is 29.4 Å². The monoisotopic (exact) mass is 701 g/mol. The number of hydrogen-bond donors (Lipinski definition) is 0. The van der Waals surface area contributed by atoms with Crippen molar-refractivity contribution >= 4 is 46.3 Å². The van der Waals surface area contributed by atoms with Gasteiger partial charge in [-0.25, -0.2) is 4.90 Å². The standard InChI is InChI=1S/C47H31N3O4/c51-43-41-38-31-19-7-9-21-33(31)47(34-22-10-8-20-32(34)38,42(41)46(54)49(43)35-23-11-13-25-12-1-2-14-26(25)35)24-48-50-44(52)39-36-27-15-3-4-16-28(27)37(40(39)45(50)53)30-18-6-5-17-29(30)36/h1-24,36-42H/b48-24-/t36?,37?,38?,39-,40+,41-,42+,47?/m0/s1. The molecule has 54 heavy (non-hydrogen) atoms. The van der Waals surface area contributed by atoms with Crippen LogP contribution in [0.1, 0.15) is 62.3 Å². The van der Waals surface area contributed by atoms with E-state index in [0.29, 0.717) is 5.69 Å². The smallest absolute Gasteiger partial charge is 0.254 e. The van der Waals surface area contributed by atoms with E-state index in [1.165, 1.54) is 4.90 Å². The molecule has 7 heteroatoms. The predicted molar refractivity (Wildman–Crippen MR) is 203 cm³/mol. The van der Waals surface area contributed by atoms with Crippen molar-refractivity contribution in [3.8, 4) is 0 Å². The molecule has 0 unspecified atom stereocenters. The minimum Gasteiger partial charge on any atom is -0.274 e. The van der Waals surface area contributed by atoms with Gasteiger partial charge in [0.25, 0.3) is 11.8 Å². The van der Waals surface area contributed by atoms with Crippen molar-refractivity contribution in [2.45, 2.75) is 23.2 Å². The molecule has 2 fully saturated rings. The van der Waals surface area contributed by atoms with E-state index in [4.69, 9.17) is 5.10 Å². The van der Waals surface area contributed by atoms with Crippen LogP contribution in [0, 0.1) is 23.7 Å². The van der Waals surface area contributed by atoms with Crippen LogP contribution in [-0.2, 0) is 24.6 Å². The lowest BCUT2D eigenvalue weighted by Gasteiger charge is -2.52. The van der Waals surface area contributed by atoms with E-state index in [2.05, 4.69) is 24.3 Å². The Balaban J connectivity index is 1.04. The SMILES string of the molecule is O=C1[C@@H]2C3c4ccccc4C(c4ccccc43)[C@@H]2C(=O)N1/N=C\C12c3ccccc3C(c3ccccc31)[C@@H]1C(=O)N(c3cccc4ccccc34)C(=O)[C@@H]12. The highest BCUT2D eigenvalue weighted by Crippen LogP contribution is 2.65. The molecule has 0 radical (unpaired) electrons. The average Bonchev–Trinajstić information content (AvgIpc) is 3.64. The van der Waals surface area contributed by atoms with E-state index < -0.39 is 29.1 Å². The number of amides is 4. The van der Waals surface area contributed by atoms with Crippen LogP contribution in [-0.4, -0.2) is 34.9 Å². The molecule has 0 aromatic heterocycles. The second-order valence-electron chi connectivity index (χ2n) is 15.5. The number of hydrazone groups is 1. The van der Waals surface area contributed by atoms with Gasteiger partial charge in [0.2, 0.25) is 11.8 Å². The van der Waals surface area contributed by atoms with Crippen molar-refractivity contribution in [3.05, 3.63) is 184 Å². The molecule has 2 saturated heterocycles. The highest BCUT2D eigenvalue weighted by molar-refractivity contribution is 6.27. The van der Waals surface area contributed by atoms with E-state index in [9.17, 15) is 14.4 Å². The third-order valence-electron chi connectivity index (χ3n) is 13.5. The topological polar surface area (TPSA) is 87.1 Å². The first-order chi connectivity index (χ1) is 26.5. The molecule has 6 aromatic rings. The Bertz CT molecular complexity index is 2580. The van der Waals surface area contributed by atoms with Crippen molar-refractivity contribution in [1.29, 1.82) is 0 Å². The lowest BCUT2D eigenvalue weighted by Crippen LogP contribution is -2.55. The Morgan fingerprint density at radius 3 is 1.50 bits per heavy atom. The molecule has 14 rings (SSSR count). The fourth-order valence-electron chi connectivity index (χ4n) is 11.6. The summed E-state index contributed by atoms with van der Waals surface area (Å²) in [4.78, 5) is 60.9. The molecule has 4 amide bonds. The summed E-state index contributed by atoms with van der Waals surface area (Å²) >= 11 is 0. The van der Waals surface area contributed by atoms with E-state index in [-0.39, 0.29) is 41.4 Å². The third-order valence-corrected chi connectivity index (χ3v) is 13.5. The van der Waals surface area contributed by atoms with Gasteiger partial charge in [-0.2, -0.15) is 10.1 Å². The van der Waals surface area contributed by atoms with Gasteiger partial charge in [-0.3, -0.25) is 19.2 Å². The molecular formula is C47H31N3O4. The molecular weight excluding hydrogens is 671 g/mol. The van der Waals surface area contributed by atoms with Crippen LogP contribution in [0.3, 0.4) is 0 Å². The number of rotatable bonds is 3. The summed E-state index contributed by atoms with van der Waals surface area (Å²) in [5.41, 5.74) is 7.36. The number of carbonyl (C=O) groups excluding carboxylic acids is 4. The summed E-state index contributed by atoms with van der Waals surface area (Å²) in [5.74, 6) is -4.82. The summed E-state index contributed by atoms with van der Waals surface area (Å²) in [6.07, 6.45) is 1.67. The van der Waals surface area contributed by atoms with Gasteiger partial charge < -0.3 is 0 Å². The zero-order chi connectivity index (χ0) is 36.0. The molecule has 0 N–H and O–H groups in total. The van der Waals surface area contributed by atoms with Crippen molar-refractivity contribution in [3.63, 3.8) is 0 Å². The molecule has 8 aliphatic rings. The number of hydrogen-bond acceptors (Lipinski definition) is 5. The maximum absolute atomic E-state index is 15.2. The van der Waals surface area contributed by atoms with Crippen molar-refractivity contribution < 1.29 is 19.2 Å². The summed E-state index contributed by atoms with van der Waals surface area (Å²) in [6.45, 7) is 0. The first-order valence-electron chi connectivity index (χ1n) is 18.7. The number of fused-ring (bicyclic) bond motifs is 1. The Morgan fingerprint density at radius 1 is 0.463 bits per heavy atom. The Morgan fingerprint density at radius 2 is 0.926 bits per heavy atom. The third kappa shape index (κ3) is 3.42. The van der Waals surface area contributed by atoms with Crippen LogP contribution < -0.4 is 4.90 Å². The fourth-order valence-corrected chi connectivity index (χ4v) is 11.6. The van der Waals surface area contributed by atoms with Gasteiger partial charge in [0.1, 0.15) is 0 Å². The van der Waals surface area contributed by atoms with Crippen molar-refractivity contribution in [2.24, 2.45) is 28.8 Å². The molecule has 0 saturated carbocycles. The molecule has 2 aliphatic heterocycles. The van der Waals surface area contributed by atoms with Gasteiger partial charge >= 0.3 is 0 Å². The number of anilines is 1. The second-order valence-corrected chi connectivity index (χ2v) is 15.5. The zero-order valence-corrected chi connectivity index (χ0v) is 28.9. The number of carbonyl (C=O) groups is 4. The highest BCUT2D eigenvalue weighted by Gasteiger charge is 2.69. The average molecular weight is 702 g/mol. The summed E-state index contributed by atoms with van der Waals surface area (Å²) < 4.78 is 0. The first-order valence-corrected chi connectivity index (χ1v) is 18.7. The second kappa shape index (κ2) is 10.4. The van der Waals surface area contributed by atoms with Gasteiger partial charge in [-0.15, -0.1) is 0 Å². The van der Waals surface area contributed by atoms with Crippen LogP contribution in [0.4, 0.5) is 5.69 Å². The minimum absolute atomic E-state index is 0.250. The predicted octanol–water partition coefficient (Wildman–Crippen LogP) is 7.27. The van der Waals surface area contributed by atoms with Crippen LogP contribution >= 0.6 is 0 Å². The van der Waals surface area contributed by atoms with Gasteiger partial charge in [-0.05, 0) is 56.0 Å². The van der Waals surface area contributed by atoms with Crippen LogP contribution in [0.5, 0.6) is 0 Å². The molecule has 6 aliphatic carbocycles. The van der Waals surface area contributed by atoms with Crippen LogP contribution in [0.25, 0.3) is 10.8 Å². The summed E-state index contributed by atoms with van der Waals surface area (Å²) in [5, 5.41) is 7.76.